The van der Waals surface area contributed by atoms with Crippen molar-refractivity contribution in [3.05, 3.63) is 136 Å². The fourth-order valence-electron chi connectivity index (χ4n) is 9.47. The van der Waals surface area contributed by atoms with Gasteiger partial charge in [-0.2, -0.15) is 0 Å². The van der Waals surface area contributed by atoms with Gasteiger partial charge in [0.05, 0.1) is 30.1 Å². The van der Waals surface area contributed by atoms with E-state index in [9.17, 15) is 47.9 Å². The maximum Gasteiger partial charge on any atom is 0.418 e. The molecule has 2 heterocycles. The fourth-order valence-corrected chi connectivity index (χ4v) is 9.64. The molecule has 2 saturated heterocycles. The summed E-state index contributed by atoms with van der Waals surface area (Å²) in [7, 11) is 1.38. The summed E-state index contributed by atoms with van der Waals surface area (Å²) >= 11 is 6.46. The molecule has 0 bridgehead atoms. The second kappa shape index (κ2) is 29.0. The minimum Gasteiger partial charge on any atom is -0.495 e. The fraction of sp³-hybridized carbons (Fsp3) is 0.385. The van der Waals surface area contributed by atoms with Crippen LogP contribution in [0, 0.1) is 33.1 Å². The molecule has 5 aromatic carbocycles. The average molecular weight is 1230 g/mol. The van der Waals surface area contributed by atoms with E-state index in [1.165, 1.54) is 50.1 Å². The molecule has 88 heavy (non-hydrogen) atoms. The Bertz CT molecular complexity index is 3490. The van der Waals surface area contributed by atoms with Gasteiger partial charge in [-0.1, -0.05) is 112 Å². The number of ketones is 2. The topological polar surface area (TPSA) is 275 Å². The monoisotopic (exact) mass is 1230 g/mol. The smallest absolute Gasteiger partial charge is 0.418 e. The number of anilines is 4. The Labute approximate surface area is 516 Å². The lowest BCUT2D eigenvalue weighted by Gasteiger charge is -2.29. The normalized spacial score (nSPS) is 15.9. The number of nitrogens with zero attached hydrogens (tertiary/aromatic N) is 3. The molecule has 0 radical (unpaired) electrons. The van der Waals surface area contributed by atoms with E-state index < -0.39 is 101 Å². The van der Waals surface area contributed by atoms with E-state index in [4.69, 9.17) is 35.3 Å². The number of nitrogens with one attached hydrogen (secondary N) is 4. The van der Waals surface area contributed by atoms with Crippen LogP contribution in [0.4, 0.5) is 32.3 Å². The van der Waals surface area contributed by atoms with Crippen molar-refractivity contribution in [3.8, 4) is 17.2 Å². The zero-order valence-electron chi connectivity index (χ0n) is 51.9. The average Bonchev–Trinajstić information content (AvgIpc) is 1.85. The van der Waals surface area contributed by atoms with E-state index in [2.05, 4.69) is 21.3 Å². The summed E-state index contributed by atoms with van der Waals surface area (Å²) in [6.07, 6.45) is -3.25. The maximum absolute atomic E-state index is 14.0. The van der Waals surface area contributed by atoms with Gasteiger partial charge in [-0.05, 0) is 133 Å². The summed E-state index contributed by atoms with van der Waals surface area (Å²) in [6.45, 7) is 21.8. The number of aryl methyl sites for hydroxylation is 4. The van der Waals surface area contributed by atoms with Crippen molar-refractivity contribution in [3.63, 3.8) is 0 Å². The first-order valence-electron chi connectivity index (χ1n) is 28.5. The molecule has 0 spiro atoms. The van der Waals surface area contributed by atoms with Gasteiger partial charge in [0.2, 0.25) is 6.23 Å². The van der Waals surface area contributed by atoms with E-state index in [0.717, 1.165) is 34.7 Å². The maximum atomic E-state index is 14.0. The molecular formula is C65H76ClN7O15. The number of urea groups is 1. The number of methoxy groups -OCH3 is 1. The van der Waals surface area contributed by atoms with Crippen LogP contribution in [0.1, 0.15) is 103 Å². The highest BCUT2D eigenvalue weighted by Crippen LogP contribution is 2.34. The van der Waals surface area contributed by atoms with Crippen molar-refractivity contribution in [2.45, 2.75) is 146 Å². The zero-order valence-corrected chi connectivity index (χ0v) is 52.6. The Hall–Kier alpha value is -9.15. The molecule has 0 saturated carbocycles. The second-order valence-corrected chi connectivity index (χ2v) is 23.0. The predicted octanol–water partition coefficient (Wildman–Crippen LogP) is 10.3. The van der Waals surface area contributed by atoms with Crippen molar-refractivity contribution in [1.29, 1.82) is 0 Å². The molecule has 2 fully saturated rings. The quantitative estimate of drug-likeness (QED) is 0.0350. The number of amides is 9. The van der Waals surface area contributed by atoms with E-state index in [-0.39, 0.29) is 35.3 Å². The first-order chi connectivity index (χ1) is 41.4. The lowest BCUT2D eigenvalue weighted by Crippen LogP contribution is -2.55. The molecule has 468 valence electrons. The number of benzene rings is 5. The highest BCUT2D eigenvalue weighted by atomic mass is 35.5. The van der Waals surface area contributed by atoms with E-state index in [1.807, 2.05) is 84.0 Å². The molecule has 0 aliphatic carbocycles. The van der Waals surface area contributed by atoms with Crippen LogP contribution in [0.25, 0.3) is 0 Å². The molecule has 7 rings (SSSR count). The van der Waals surface area contributed by atoms with Gasteiger partial charge in [-0.15, -0.1) is 0 Å². The van der Waals surface area contributed by atoms with Gasteiger partial charge < -0.3 is 45.0 Å². The van der Waals surface area contributed by atoms with Crippen molar-refractivity contribution in [1.82, 2.24) is 14.7 Å². The summed E-state index contributed by atoms with van der Waals surface area (Å²) in [5.41, 5.74) is 2.81. The van der Waals surface area contributed by atoms with Gasteiger partial charge in [-0.25, -0.2) is 19.4 Å². The lowest BCUT2D eigenvalue weighted by atomic mass is 9.85. The first-order valence-corrected chi connectivity index (χ1v) is 28.9. The number of imide groups is 2. The molecule has 5 aromatic rings. The third kappa shape index (κ3) is 16.3. The molecule has 22 nitrogen and oxygen atoms in total. The Kier molecular flexibility index (Phi) is 22.4. The standard InChI is InChI=1S/C37H43ClN4O7.C28H33N3O8/c1-8-28(49-29-18-15-22(3)19-23(29)4)32(44)39-25-16-17-26(38)27(20-25)40-33(45)30(31(43)37(5,6)7)42-34(46)35(48-9-2)41(36(42)47)21-24-13-11-10-12-14-24;1-8-20(38-21-11-9-15(2)13-16(21)3)24(33)29-18-10-12-22(37-7)19(14-18)30-25(34)23(17(4)32)31-26(35)28(5,6)39-27(31)36/h10-20,28,30,35H,8-9,21H2,1-7H3,(H,39,44)(H,40,45);9-14,20,23H,8H2,1-7H3,(H,29,33)(H,30,34). The Morgan fingerprint density at radius 1 is 0.636 bits per heavy atom. The molecule has 4 N–H and O–H groups in total. The van der Waals surface area contributed by atoms with Gasteiger partial charge in [0.1, 0.15) is 17.2 Å². The van der Waals surface area contributed by atoms with Gasteiger partial charge in [0.15, 0.2) is 41.5 Å². The summed E-state index contributed by atoms with van der Waals surface area (Å²) < 4.78 is 28.0. The van der Waals surface area contributed by atoms with Gasteiger partial charge in [-0.3, -0.25) is 43.3 Å². The van der Waals surface area contributed by atoms with Crippen molar-refractivity contribution in [2.75, 3.05) is 35.0 Å². The molecule has 5 atom stereocenters. The zero-order chi connectivity index (χ0) is 65.1. The SMILES string of the molecule is CCC(Oc1ccc(C)cc1C)C(=O)Nc1ccc(OC)c(NC(=O)C(C(C)=O)N2C(=O)OC(C)(C)C2=O)c1.CCOC1C(=O)N(C(C(=O)Nc2cc(NC(=O)C(CC)Oc3ccc(C)cc3C)ccc2Cl)C(=O)C(C)(C)C)C(=O)N1Cc1ccccc1. The minimum atomic E-state index is -1.84. The molecule has 0 aromatic heterocycles. The van der Waals surface area contributed by atoms with Crippen LogP contribution < -0.4 is 35.5 Å². The van der Waals surface area contributed by atoms with E-state index >= 15 is 0 Å². The Balaban J connectivity index is 0.000000288. The van der Waals surface area contributed by atoms with Crippen LogP contribution in [-0.2, 0) is 54.4 Å². The molecule has 5 unspecified atom stereocenters. The van der Waals surface area contributed by atoms with Crippen molar-refractivity contribution in [2.24, 2.45) is 5.41 Å². The number of carbonyl (C=O) groups is 10. The van der Waals surface area contributed by atoms with Crippen LogP contribution in [0.15, 0.2) is 103 Å². The van der Waals surface area contributed by atoms with E-state index in [1.54, 1.807) is 64.1 Å². The number of hydrogen-bond donors (Lipinski definition) is 4. The summed E-state index contributed by atoms with van der Waals surface area (Å²) in [5.74, 6) is -4.38. The molecule has 2 aliphatic heterocycles. The van der Waals surface area contributed by atoms with Crippen LogP contribution in [0.2, 0.25) is 5.02 Å². The molecule has 9 amide bonds. The third-order valence-corrected chi connectivity index (χ3v) is 14.4. The van der Waals surface area contributed by atoms with Crippen LogP contribution in [0.3, 0.4) is 0 Å². The Morgan fingerprint density at radius 2 is 1.14 bits per heavy atom. The van der Waals surface area contributed by atoms with Crippen LogP contribution in [0.5, 0.6) is 17.2 Å². The van der Waals surface area contributed by atoms with Crippen molar-refractivity contribution >= 4 is 93.5 Å². The summed E-state index contributed by atoms with van der Waals surface area (Å²) in [5, 5.41) is 10.8. The van der Waals surface area contributed by atoms with Crippen LogP contribution in [-0.4, -0.2) is 124 Å². The van der Waals surface area contributed by atoms with Gasteiger partial charge in [0, 0.05) is 23.4 Å². The predicted molar refractivity (Wildman–Crippen MR) is 330 cm³/mol. The number of ether oxygens (including phenoxy) is 5. The number of rotatable bonds is 23. The second-order valence-electron chi connectivity index (χ2n) is 22.6. The van der Waals surface area contributed by atoms with Crippen molar-refractivity contribution < 1.29 is 71.6 Å². The molecule has 2 aliphatic rings. The largest absolute Gasteiger partial charge is 0.495 e. The number of hydrogen-bond acceptors (Lipinski definition) is 15. The van der Waals surface area contributed by atoms with Crippen LogP contribution >= 0.6 is 11.6 Å². The van der Waals surface area contributed by atoms with E-state index in [0.29, 0.717) is 45.5 Å². The number of halogens is 1. The highest BCUT2D eigenvalue weighted by molar-refractivity contribution is 6.34. The number of carbonyl (C=O) groups excluding carboxylic acids is 10. The number of cyclic esters (lactones) is 1. The minimum absolute atomic E-state index is 0.0180. The Morgan fingerprint density at radius 3 is 1.60 bits per heavy atom. The molecule has 23 heteroatoms. The summed E-state index contributed by atoms with van der Waals surface area (Å²) in [6, 6.07) is 24.9. The number of Topliss-reactive ketones (excluding diaryl/α,β-unsaturated/α-hetero) is 2. The molecular weight excluding hydrogens is 1150 g/mol. The van der Waals surface area contributed by atoms with Gasteiger partial charge in [0.25, 0.3) is 35.4 Å². The first kappa shape index (κ1) is 68.0. The lowest BCUT2D eigenvalue weighted by molar-refractivity contribution is -0.149. The summed E-state index contributed by atoms with van der Waals surface area (Å²) in [4.78, 5) is 135. The van der Waals surface area contributed by atoms with Gasteiger partial charge >= 0.3 is 12.1 Å². The third-order valence-electron chi connectivity index (χ3n) is 14.1. The highest BCUT2D eigenvalue weighted by Gasteiger charge is 2.55.